The first kappa shape index (κ1) is 35.5. The number of anilines is 2. The minimum Gasteiger partial charge on any atom is -0.445 e. The van der Waals surface area contributed by atoms with E-state index in [-0.39, 0.29) is 49.1 Å². The topological polar surface area (TPSA) is 148 Å². The molecule has 5 heterocycles. The number of benzene rings is 1. The number of halogens is 3. The van der Waals surface area contributed by atoms with Crippen molar-refractivity contribution in [1.82, 2.24) is 34.6 Å². The van der Waals surface area contributed by atoms with Crippen LogP contribution in [0.25, 0.3) is 5.65 Å². The van der Waals surface area contributed by atoms with Gasteiger partial charge in [0.15, 0.2) is 11.3 Å². The first-order valence-corrected chi connectivity index (χ1v) is 16.7. The van der Waals surface area contributed by atoms with Crippen LogP contribution < -0.4 is 15.5 Å². The lowest BCUT2D eigenvalue weighted by Gasteiger charge is -2.36. The van der Waals surface area contributed by atoms with Gasteiger partial charge in [-0.3, -0.25) is 9.48 Å². The lowest BCUT2D eigenvalue weighted by Crippen LogP contribution is -2.52. The van der Waals surface area contributed by atoms with Crippen LogP contribution in [-0.2, 0) is 16.1 Å². The lowest BCUT2D eigenvalue weighted by molar-refractivity contribution is 0.0490. The third kappa shape index (κ3) is 8.69. The van der Waals surface area contributed by atoms with Crippen LogP contribution >= 0.6 is 0 Å². The highest BCUT2D eigenvalue weighted by Crippen LogP contribution is 2.31. The van der Waals surface area contributed by atoms with Crippen molar-refractivity contribution < 1.29 is 37.0 Å². The van der Waals surface area contributed by atoms with Crippen molar-refractivity contribution >= 4 is 35.2 Å². The monoisotopic (exact) mass is 711 g/mol. The Labute approximate surface area is 291 Å². The van der Waals surface area contributed by atoms with Crippen LogP contribution in [0, 0.1) is 0 Å². The summed E-state index contributed by atoms with van der Waals surface area (Å²) in [5, 5.41) is 13.5. The summed E-state index contributed by atoms with van der Waals surface area (Å²) in [6.07, 6.45) is -0.174. The maximum Gasteiger partial charge on any atom is 0.410 e. The fourth-order valence-corrected chi connectivity index (χ4v) is 6.16. The molecule has 2 atom stereocenters. The van der Waals surface area contributed by atoms with Crippen molar-refractivity contribution in [2.75, 3.05) is 36.4 Å². The number of amides is 3. The van der Waals surface area contributed by atoms with Gasteiger partial charge >= 0.3 is 12.2 Å². The minimum absolute atomic E-state index is 0.00405. The molecule has 2 aliphatic rings. The van der Waals surface area contributed by atoms with E-state index in [1.807, 2.05) is 30.3 Å². The zero-order chi connectivity index (χ0) is 36.3. The van der Waals surface area contributed by atoms with Gasteiger partial charge in [-0.15, -0.1) is 0 Å². The number of hydrogen-bond donors (Lipinski definition) is 2. The summed E-state index contributed by atoms with van der Waals surface area (Å²) in [6, 6.07) is 10.1. The molecule has 17 heteroatoms. The number of likely N-dealkylation sites (tertiary alicyclic amines) is 1. The van der Waals surface area contributed by atoms with Gasteiger partial charge in [0.05, 0.1) is 30.5 Å². The summed E-state index contributed by atoms with van der Waals surface area (Å²) < 4.78 is 56.6. The molecule has 0 radical (unpaired) electrons. The number of nitrogens with zero attached hydrogens (tertiary/aromatic N) is 7. The van der Waals surface area contributed by atoms with Crippen LogP contribution in [-0.4, -0.2) is 91.4 Å². The second kappa shape index (κ2) is 14.9. The molecule has 2 fully saturated rings. The number of aromatic nitrogens is 5. The molecule has 6 rings (SSSR count). The van der Waals surface area contributed by atoms with Gasteiger partial charge in [0.1, 0.15) is 29.8 Å². The number of rotatable bonds is 8. The molecule has 3 aromatic heterocycles. The van der Waals surface area contributed by atoms with Gasteiger partial charge in [-0.05, 0) is 45.2 Å². The summed E-state index contributed by atoms with van der Waals surface area (Å²) in [7, 11) is 0. The Morgan fingerprint density at radius 2 is 1.80 bits per heavy atom. The molecule has 2 saturated heterocycles. The Hall–Kier alpha value is -5.35. The van der Waals surface area contributed by atoms with Gasteiger partial charge in [-0.25, -0.2) is 32.3 Å². The van der Waals surface area contributed by atoms with E-state index in [2.05, 4.69) is 25.8 Å². The third-order valence-electron chi connectivity index (χ3n) is 8.56. The highest BCUT2D eigenvalue weighted by Gasteiger charge is 2.32. The van der Waals surface area contributed by atoms with E-state index in [0.29, 0.717) is 31.7 Å². The molecular weight excluding hydrogens is 671 g/mol. The number of nitrogens with one attached hydrogen (secondary N) is 2. The summed E-state index contributed by atoms with van der Waals surface area (Å²) >= 11 is 0. The van der Waals surface area contributed by atoms with Crippen LogP contribution in [0.4, 0.5) is 34.3 Å². The van der Waals surface area contributed by atoms with Crippen molar-refractivity contribution in [1.29, 1.82) is 0 Å². The zero-order valence-corrected chi connectivity index (χ0v) is 28.5. The fourth-order valence-electron chi connectivity index (χ4n) is 6.16. The SMILES string of the molecule is CC(C)(C)OC(=O)N[C@@H]1C[C@@H](F)CN(c2ccn3ncc(C(=O)Nc4cn(C5CCN(C(=O)OCc6ccccc6)CC5)nc4C(F)F)c3n2)C1. The van der Waals surface area contributed by atoms with Gasteiger partial charge in [-0.2, -0.15) is 10.2 Å². The largest absolute Gasteiger partial charge is 0.445 e. The Kier molecular flexibility index (Phi) is 10.3. The first-order valence-electron chi connectivity index (χ1n) is 16.7. The number of ether oxygens (including phenoxy) is 2. The highest BCUT2D eigenvalue weighted by atomic mass is 19.3. The van der Waals surface area contributed by atoms with E-state index in [4.69, 9.17) is 9.47 Å². The number of carbonyl (C=O) groups is 3. The smallest absolute Gasteiger partial charge is 0.410 e. The summed E-state index contributed by atoms with van der Waals surface area (Å²) in [6.45, 7) is 6.28. The molecule has 1 aromatic carbocycles. The normalized spacial score (nSPS) is 18.6. The molecule has 0 aliphatic carbocycles. The minimum atomic E-state index is -2.97. The summed E-state index contributed by atoms with van der Waals surface area (Å²) in [5.74, 6) is -0.398. The Morgan fingerprint density at radius 3 is 2.51 bits per heavy atom. The van der Waals surface area contributed by atoms with Gasteiger partial charge in [0.25, 0.3) is 12.3 Å². The number of carbonyl (C=O) groups excluding carboxylic acids is 3. The Balaban J connectivity index is 1.11. The second-order valence-electron chi connectivity index (χ2n) is 13.6. The van der Waals surface area contributed by atoms with Gasteiger partial charge in [0.2, 0.25) is 0 Å². The average Bonchev–Trinajstić information content (AvgIpc) is 3.71. The number of piperidine rings is 2. The fraction of sp³-hybridized carbons (Fsp3) is 0.471. The van der Waals surface area contributed by atoms with Crippen LogP contribution in [0.1, 0.15) is 74.1 Å². The Morgan fingerprint density at radius 1 is 1.06 bits per heavy atom. The highest BCUT2D eigenvalue weighted by molar-refractivity contribution is 6.08. The molecule has 2 aliphatic heterocycles. The van der Waals surface area contributed by atoms with Gasteiger partial charge in [-0.1, -0.05) is 30.3 Å². The van der Waals surface area contributed by atoms with Crippen LogP contribution in [0.2, 0.25) is 0 Å². The van der Waals surface area contributed by atoms with E-state index < -0.39 is 48.0 Å². The van der Waals surface area contributed by atoms with E-state index in [0.717, 1.165) is 5.56 Å². The zero-order valence-electron chi connectivity index (χ0n) is 28.5. The predicted octanol–water partition coefficient (Wildman–Crippen LogP) is 5.53. The molecule has 14 nitrogen and oxygen atoms in total. The maximum atomic E-state index is 14.8. The van der Waals surface area contributed by atoms with Gasteiger partial charge < -0.3 is 29.9 Å². The number of fused-ring (bicyclic) bond motifs is 1. The molecule has 0 saturated carbocycles. The van der Waals surface area contributed by atoms with E-state index in [1.54, 1.807) is 42.8 Å². The van der Waals surface area contributed by atoms with Crippen molar-refractivity contribution in [2.24, 2.45) is 0 Å². The van der Waals surface area contributed by atoms with Crippen LogP contribution in [0.3, 0.4) is 0 Å². The number of alkyl carbamates (subject to hydrolysis) is 1. The van der Waals surface area contributed by atoms with Crippen LogP contribution in [0.5, 0.6) is 0 Å². The standard InChI is InChI=1S/C34H40F3N9O5/c1-34(2,3)51-32(48)39-23-15-22(35)17-44(18-23)27-11-14-45-30(41-27)25(16-38-45)31(47)40-26-19-46(42-28(26)29(36)37)24-9-12-43(13-10-24)33(49)50-20-21-7-5-4-6-8-21/h4-8,11,14,16,19,22-24,29H,9-10,12-13,15,17-18,20H2,1-3H3,(H,39,48)(H,40,47)/t22-,23-/m1/s1. The molecule has 3 amide bonds. The molecular formula is C34H40F3N9O5. The molecule has 272 valence electrons. The first-order chi connectivity index (χ1) is 24.3. The summed E-state index contributed by atoms with van der Waals surface area (Å²) in [5.41, 5.74) is -0.478. The number of alkyl halides is 3. The van der Waals surface area contributed by atoms with E-state index >= 15 is 0 Å². The van der Waals surface area contributed by atoms with Crippen LogP contribution in [0.15, 0.2) is 55.0 Å². The Bertz CT molecular complexity index is 1850. The molecule has 51 heavy (non-hydrogen) atoms. The lowest BCUT2D eigenvalue weighted by atomic mass is 10.0. The maximum absolute atomic E-state index is 14.8. The molecule has 0 bridgehead atoms. The summed E-state index contributed by atoms with van der Waals surface area (Å²) in [4.78, 5) is 46.2. The van der Waals surface area contributed by atoms with E-state index in [9.17, 15) is 27.6 Å². The van der Waals surface area contributed by atoms with Crippen molar-refractivity contribution in [3.05, 3.63) is 71.8 Å². The quantitative estimate of drug-likeness (QED) is 0.241. The molecule has 4 aromatic rings. The molecule has 0 spiro atoms. The molecule has 2 N–H and O–H groups in total. The predicted molar refractivity (Wildman–Crippen MR) is 179 cm³/mol. The number of hydrogen-bond acceptors (Lipinski definition) is 9. The van der Waals surface area contributed by atoms with E-state index in [1.165, 1.54) is 21.6 Å². The van der Waals surface area contributed by atoms with Crippen molar-refractivity contribution in [2.45, 2.75) is 76.9 Å². The molecule has 0 unspecified atom stereocenters. The van der Waals surface area contributed by atoms with Crippen molar-refractivity contribution in [3.63, 3.8) is 0 Å². The average molecular weight is 712 g/mol. The van der Waals surface area contributed by atoms with Crippen molar-refractivity contribution in [3.8, 4) is 0 Å². The second-order valence-corrected chi connectivity index (χ2v) is 13.6. The third-order valence-corrected chi connectivity index (χ3v) is 8.56. The van der Waals surface area contributed by atoms with Gasteiger partial charge in [0, 0.05) is 38.4 Å².